The first-order valence-corrected chi connectivity index (χ1v) is 7.42. The molecule has 0 atom stereocenters. The lowest BCUT2D eigenvalue weighted by molar-refractivity contribution is -0.294. The van der Waals surface area contributed by atoms with Gasteiger partial charge in [-0.1, -0.05) is 53.5 Å². The Kier molecular flexibility index (Phi) is 3.86. The third-order valence-electron chi connectivity index (χ3n) is 3.37. The molecule has 0 spiro atoms. The van der Waals surface area contributed by atoms with E-state index in [0.717, 1.165) is 5.56 Å². The zero-order valence-corrected chi connectivity index (χ0v) is 13.1. The summed E-state index contributed by atoms with van der Waals surface area (Å²) in [6.07, 6.45) is 0. The fourth-order valence-corrected chi connectivity index (χ4v) is 2.78. The summed E-state index contributed by atoms with van der Waals surface area (Å²) >= 11 is 3.55. The Balaban J connectivity index is 2.36. The average molecular weight is 313 g/mol. The Hall–Kier alpha value is -0.380. The third-order valence-corrected chi connectivity index (χ3v) is 4.11. The molecule has 1 saturated heterocycles. The number of hydrogen-bond acceptors (Lipinski definition) is 2. The Labute approximate surface area is 118 Å². The van der Waals surface area contributed by atoms with Crippen LogP contribution in [0.3, 0.4) is 0 Å². The maximum atomic E-state index is 6.08. The maximum absolute atomic E-state index is 6.08. The molecule has 1 heterocycles. The van der Waals surface area contributed by atoms with Gasteiger partial charge in [0, 0.05) is 11.0 Å². The first-order chi connectivity index (χ1) is 8.38. The smallest absolute Gasteiger partial charge is 0.205 e. The van der Waals surface area contributed by atoms with Crippen molar-refractivity contribution in [2.24, 2.45) is 5.41 Å². The van der Waals surface area contributed by atoms with Crippen molar-refractivity contribution >= 4 is 15.9 Å². The summed E-state index contributed by atoms with van der Waals surface area (Å²) in [7, 11) is 0. The molecule has 2 rings (SSSR count). The van der Waals surface area contributed by atoms with Crippen LogP contribution in [0.1, 0.15) is 30.5 Å². The fourth-order valence-electron chi connectivity index (χ4n) is 2.16. The van der Waals surface area contributed by atoms with Gasteiger partial charge in [-0.05, 0) is 19.4 Å². The minimum atomic E-state index is -0.633. The average Bonchev–Trinajstić information content (AvgIpc) is 2.33. The van der Waals surface area contributed by atoms with Crippen molar-refractivity contribution in [3.63, 3.8) is 0 Å². The molecule has 0 N–H and O–H groups in total. The van der Waals surface area contributed by atoms with E-state index in [4.69, 9.17) is 9.47 Å². The van der Waals surface area contributed by atoms with Crippen molar-refractivity contribution < 1.29 is 9.47 Å². The Bertz CT molecular complexity index is 430. The molecule has 1 fully saturated rings. The van der Waals surface area contributed by atoms with Gasteiger partial charge in [-0.25, -0.2) is 0 Å². The molecule has 0 bridgehead atoms. The summed E-state index contributed by atoms with van der Waals surface area (Å²) in [5.41, 5.74) is 3.66. The second kappa shape index (κ2) is 4.95. The number of rotatable bonds is 2. The molecule has 0 radical (unpaired) electrons. The molecular weight excluding hydrogens is 292 g/mol. The lowest BCUT2D eigenvalue weighted by atomic mass is 9.92. The van der Waals surface area contributed by atoms with Crippen LogP contribution < -0.4 is 0 Å². The summed E-state index contributed by atoms with van der Waals surface area (Å²) < 4.78 is 12.2. The van der Waals surface area contributed by atoms with Gasteiger partial charge in [-0.3, -0.25) is 0 Å². The van der Waals surface area contributed by atoms with Gasteiger partial charge in [0.05, 0.1) is 18.5 Å². The number of benzene rings is 1. The van der Waals surface area contributed by atoms with Gasteiger partial charge in [-0.15, -0.1) is 0 Å². The first kappa shape index (κ1) is 14.0. The van der Waals surface area contributed by atoms with Crippen molar-refractivity contribution in [2.75, 3.05) is 18.5 Å². The summed E-state index contributed by atoms with van der Waals surface area (Å²) in [6.45, 7) is 9.95. The van der Waals surface area contributed by atoms with Gasteiger partial charge in [-0.2, -0.15) is 0 Å². The third kappa shape index (κ3) is 2.63. The largest absolute Gasteiger partial charge is 0.345 e. The van der Waals surface area contributed by atoms with Crippen LogP contribution in [0.25, 0.3) is 0 Å². The van der Waals surface area contributed by atoms with E-state index in [1.54, 1.807) is 0 Å². The molecule has 3 heteroatoms. The monoisotopic (exact) mass is 312 g/mol. The molecule has 100 valence electrons. The molecule has 0 aromatic heterocycles. The Morgan fingerprint density at radius 1 is 1.17 bits per heavy atom. The molecule has 1 aromatic rings. The second-order valence-electron chi connectivity index (χ2n) is 5.95. The normalized spacial score (nSPS) is 21.8. The summed E-state index contributed by atoms with van der Waals surface area (Å²) in [5, 5.41) is 0.653. The van der Waals surface area contributed by atoms with Gasteiger partial charge in [0.25, 0.3) is 0 Å². The zero-order valence-electron chi connectivity index (χ0n) is 11.5. The maximum Gasteiger partial charge on any atom is 0.205 e. The van der Waals surface area contributed by atoms with Crippen LogP contribution in [0.2, 0.25) is 0 Å². The zero-order chi connectivity index (χ0) is 13.4. The molecule has 1 aliphatic heterocycles. The highest BCUT2D eigenvalue weighted by molar-refractivity contribution is 9.09. The SMILES string of the molecule is Cc1ccc(C)c(C2(CBr)OCC(C)(C)CO2)c1. The Morgan fingerprint density at radius 2 is 1.78 bits per heavy atom. The van der Waals surface area contributed by atoms with Crippen LogP contribution >= 0.6 is 15.9 Å². The summed E-state index contributed by atoms with van der Waals surface area (Å²) in [5.74, 6) is -0.633. The molecule has 1 aromatic carbocycles. The first-order valence-electron chi connectivity index (χ1n) is 6.30. The van der Waals surface area contributed by atoms with Crippen LogP contribution in [-0.4, -0.2) is 18.5 Å². The van der Waals surface area contributed by atoms with Gasteiger partial charge in [0.15, 0.2) is 0 Å². The predicted molar refractivity (Wildman–Crippen MR) is 77.1 cm³/mol. The molecule has 18 heavy (non-hydrogen) atoms. The van der Waals surface area contributed by atoms with Crippen molar-refractivity contribution in [1.82, 2.24) is 0 Å². The molecular formula is C15H21BrO2. The molecule has 0 unspecified atom stereocenters. The van der Waals surface area contributed by atoms with Crippen molar-refractivity contribution in [1.29, 1.82) is 0 Å². The van der Waals surface area contributed by atoms with Crippen LogP contribution in [-0.2, 0) is 15.3 Å². The number of ether oxygens (including phenoxy) is 2. The number of aryl methyl sites for hydroxylation is 2. The minimum Gasteiger partial charge on any atom is -0.345 e. The van der Waals surface area contributed by atoms with E-state index < -0.39 is 5.79 Å². The van der Waals surface area contributed by atoms with E-state index in [-0.39, 0.29) is 5.41 Å². The van der Waals surface area contributed by atoms with E-state index in [1.165, 1.54) is 11.1 Å². The van der Waals surface area contributed by atoms with Crippen molar-refractivity contribution in [2.45, 2.75) is 33.5 Å². The van der Waals surface area contributed by atoms with E-state index in [2.05, 4.69) is 61.8 Å². The van der Waals surface area contributed by atoms with Crippen LogP contribution in [0, 0.1) is 19.3 Å². The Morgan fingerprint density at radius 3 is 2.33 bits per heavy atom. The van der Waals surface area contributed by atoms with Crippen molar-refractivity contribution in [3.8, 4) is 0 Å². The minimum absolute atomic E-state index is 0.0867. The second-order valence-corrected chi connectivity index (χ2v) is 6.51. The summed E-state index contributed by atoms with van der Waals surface area (Å²) in [6, 6.07) is 6.41. The standard InChI is InChI=1S/C15H21BrO2/c1-11-5-6-12(2)13(7-11)15(8-16)17-9-14(3,4)10-18-15/h5-7H,8-10H2,1-4H3. The highest BCUT2D eigenvalue weighted by atomic mass is 79.9. The van der Waals surface area contributed by atoms with Gasteiger partial charge in [0.2, 0.25) is 5.79 Å². The topological polar surface area (TPSA) is 18.5 Å². The molecule has 2 nitrogen and oxygen atoms in total. The van der Waals surface area contributed by atoms with Crippen molar-refractivity contribution in [3.05, 3.63) is 34.9 Å². The number of halogens is 1. The van der Waals surface area contributed by atoms with Crippen LogP contribution in [0.15, 0.2) is 18.2 Å². The highest BCUT2D eigenvalue weighted by Crippen LogP contribution is 2.39. The predicted octanol–water partition coefficient (Wildman–Crippen LogP) is 3.92. The lowest BCUT2D eigenvalue weighted by Crippen LogP contribution is -2.47. The van der Waals surface area contributed by atoms with E-state index in [0.29, 0.717) is 18.5 Å². The fraction of sp³-hybridized carbons (Fsp3) is 0.600. The van der Waals surface area contributed by atoms with E-state index >= 15 is 0 Å². The van der Waals surface area contributed by atoms with E-state index in [9.17, 15) is 0 Å². The molecule has 1 aliphatic rings. The van der Waals surface area contributed by atoms with Gasteiger partial charge in [0.1, 0.15) is 0 Å². The molecule has 0 saturated carbocycles. The number of hydrogen-bond donors (Lipinski definition) is 0. The van der Waals surface area contributed by atoms with Gasteiger partial charge < -0.3 is 9.47 Å². The molecule has 0 aliphatic carbocycles. The molecule has 0 amide bonds. The quantitative estimate of drug-likeness (QED) is 0.770. The van der Waals surface area contributed by atoms with Crippen LogP contribution in [0.5, 0.6) is 0 Å². The highest BCUT2D eigenvalue weighted by Gasteiger charge is 2.42. The number of alkyl halides is 1. The van der Waals surface area contributed by atoms with Crippen LogP contribution in [0.4, 0.5) is 0 Å². The lowest BCUT2D eigenvalue weighted by Gasteiger charge is -2.43. The van der Waals surface area contributed by atoms with E-state index in [1.807, 2.05) is 0 Å². The summed E-state index contributed by atoms with van der Waals surface area (Å²) in [4.78, 5) is 0. The van der Waals surface area contributed by atoms with Gasteiger partial charge >= 0.3 is 0 Å².